The van der Waals surface area contributed by atoms with Crippen molar-refractivity contribution in [1.82, 2.24) is 0 Å². The van der Waals surface area contributed by atoms with Gasteiger partial charge in [-0.05, 0) is 24.9 Å². The number of rotatable bonds is 4. The number of hydrogen-bond acceptors (Lipinski definition) is 0. The van der Waals surface area contributed by atoms with Crippen LogP contribution >= 0.6 is 9.24 Å². The standard InChI is InChI=1S/C7H15P/c1-3-4-5-6-7(2)8/h3,7H,1,4-6,8H2,2H3. The normalized spacial score (nSPS) is 13.2. The van der Waals surface area contributed by atoms with Gasteiger partial charge < -0.3 is 0 Å². The molecule has 0 bridgehead atoms. The quantitative estimate of drug-likeness (QED) is 0.312. The second-order valence-electron chi connectivity index (χ2n) is 2.20. The van der Waals surface area contributed by atoms with Crippen LogP contribution in [-0.4, -0.2) is 5.66 Å². The van der Waals surface area contributed by atoms with Gasteiger partial charge in [-0.25, -0.2) is 0 Å². The molecule has 0 rings (SSSR count). The molecule has 0 aromatic heterocycles. The zero-order valence-electron chi connectivity index (χ0n) is 5.56. The lowest BCUT2D eigenvalue weighted by atomic mass is 10.2. The first-order valence-electron chi connectivity index (χ1n) is 3.14. The van der Waals surface area contributed by atoms with E-state index in [1.807, 2.05) is 6.08 Å². The SMILES string of the molecule is C=CCCCC(C)P. The van der Waals surface area contributed by atoms with Crippen LogP contribution in [0.2, 0.25) is 0 Å². The molecule has 2 unspecified atom stereocenters. The Morgan fingerprint density at radius 3 is 2.75 bits per heavy atom. The van der Waals surface area contributed by atoms with Gasteiger partial charge in [0.2, 0.25) is 0 Å². The number of unbranched alkanes of at least 4 members (excludes halogenated alkanes) is 1. The second-order valence-corrected chi connectivity index (χ2v) is 3.33. The van der Waals surface area contributed by atoms with Crippen LogP contribution < -0.4 is 0 Å². The molecule has 0 spiro atoms. The largest absolute Gasteiger partial charge is 0.135 e. The van der Waals surface area contributed by atoms with Gasteiger partial charge in [0.15, 0.2) is 0 Å². The Kier molecular flexibility index (Phi) is 5.42. The molecule has 0 fully saturated rings. The first-order chi connectivity index (χ1) is 3.77. The predicted molar refractivity (Wildman–Crippen MR) is 43.2 cm³/mol. The highest BCUT2D eigenvalue weighted by Crippen LogP contribution is 2.08. The van der Waals surface area contributed by atoms with E-state index in [1.54, 1.807) is 0 Å². The molecule has 2 atom stereocenters. The summed E-state index contributed by atoms with van der Waals surface area (Å²) in [6, 6.07) is 0. The van der Waals surface area contributed by atoms with Gasteiger partial charge in [-0.1, -0.05) is 13.0 Å². The van der Waals surface area contributed by atoms with E-state index in [1.165, 1.54) is 19.3 Å². The van der Waals surface area contributed by atoms with Crippen LogP contribution in [0.3, 0.4) is 0 Å². The van der Waals surface area contributed by atoms with Crippen molar-refractivity contribution >= 4 is 9.24 Å². The molecule has 1 heteroatoms. The third-order valence-corrected chi connectivity index (χ3v) is 1.40. The maximum atomic E-state index is 3.65. The molecule has 0 N–H and O–H groups in total. The fourth-order valence-corrected chi connectivity index (χ4v) is 0.820. The Morgan fingerprint density at radius 2 is 2.38 bits per heavy atom. The summed E-state index contributed by atoms with van der Waals surface area (Å²) in [5, 5.41) is 0. The summed E-state index contributed by atoms with van der Waals surface area (Å²) in [5.74, 6) is 0. The van der Waals surface area contributed by atoms with Gasteiger partial charge >= 0.3 is 0 Å². The second kappa shape index (κ2) is 5.31. The van der Waals surface area contributed by atoms with E-state index in [0.29, 0.717) is 0 Å². The Labute approximate surface area is 54.6 Å². The highest BCUT2D eigenvalue weighted by atomic mass is 31.0. The van der Waals surface area contributed by atoms with Crippen molar-refractivity contribution in [3.05, 3.63) is 12.7 Å². The topological polar surface area (TPSA) is 0 Å². The molecule has 0 nitrogen and oxygen atoms in total. The minimum Gasteiger partial charge on any atom is -0.135 e. The minimum atomic E-state index is 0.773. The summed E-state index contributed by atoms with van der Waals surface area (Å²) < 4.78 is 0. The Balaban J connectivity index is 2.81. The lowest BCUT2D eigenvalue weighted by Crippen LogP contribution is -1.87. The average Bonchev–Trinajstić information content (AvgIpc) is 1.66. The average molecular weight is 130 g/mol. The van der Waals surface area contributed by atoms with Crippen molar-refractivity contribution in [2.45, 2.75) is 31.8 Å². The van der Waals surface area contributed by atoms with Crippen LogP contribution in [0.1, 0.15) is 26.2 Å². The third kappa shape index (κ3) is 6.17. The maximum absolute atomic E-state index is 3.65. The zero-order valence-corrected chi connectivity index (χ0v) is 6.72. The molecular formula is C7H15P. The Hall–Kier alpha value is 0.170. The van der Waals surface area contributed by atoms with E-state index in [4.69, 9.17) is 0 Å². The monoisotopic (exact) mass is 130 g/mol. The van der Waals surface area contributed by atoms with Crippen molar-refractivity contribution in [2.75, 3.05) is 0 Å². The summed E-state index contributed by atoms with van der Waals surface area (Å²) in [6.45, 7) is 5.87. The summed E-state index contributed by atoms with van der Waals surface area (Å²) >= 11 is 0. The number of allylic oxidation sites excluding steroid dienone is 1. The van der Waals surface area contributed by atoms with Crippen LogP contribution in [0.15, 0.2) is 12.7 Å². The van der Waals surface area contributed by atoms with Crippen molar-refractivity contribution in [1.29, 1.82) is 0 Å². The summed E-state index contributed by atoms with van der Waals surface area (Å²) in [7, 11) is 2.79. The van der Waals surface area contributed by atoms with E-state index in [9.17, 15) is 0 Å². The van der Waals surface area contributed by atoms with Gasteiger partial charge in [0.1, 0.15) is 0 Å². The van der Waals surface area contributed by atoms with Crippen LogP contribution in [0.4, 0.5) is 0 Å². The maximum Gasteiger partial charge on any atom is -0.0293 e. The van der Waals surface area contributed by atoms with Gasteiger partial charge in [-0.2, -0.15) is 0 Å². The third-order valence-electron chi connectivity index (χ3n) is 1.07. The molecule has 0 saturated heterocycles. The Morgan fingerprint density at radius 1 is 1.75 bits per heavy atom. The molecule has 0 heterocycles. The van der Waals surface area contributed by atoms with Crippen LogP contribution in [0.5, 0.6) is 0 Å². The van der Waals surface area contributed by atoms with Gasteiger partial charge in [-0.15, -0.1) is 15.8 Å². The van der Waals surface area contributed by atoms with E-state index < -0.39 is 0 Å². The molecule has 8 heavy (non-hydrogen) atoms. The molecular weight excluding hydrogens is 115 g/mol. The van der Waals surface area contributed by atoms with Gasteiger partial charge in [0, 0.05) is 0 Å². The summed E-state index contributed by atoms with van der Waals surface area (Å²) in [6.07, 6.45) is 5.73. The molecule has 0 radical (unpaired) electrons. The highest BCUT2D eigenvalue weighted by molar-refractivity contribution is 7.17. The van der Waals surface area contributed by atoms with Crippen LogP contribution in [-0.2, 0) is 0 Å². The molecule has 0 saturated carbocycles. The van der Waals surface area contributed by atoms with E-state index in [2.05, 4.69) is 22.7 Å². The zero-order chi connectivity index (χ0) is 6.41. The van der Waals surface area contributed by atoms with Crippen molar-refractivity contribution in [3.63, 3.8) is 0 Å². The fourth-order valence-electron chi connectivity index (χ4n) is 0.584. The van der Waals surface area contributed by atoms with Crippen molar-refractivity contribution in [3.8, 4) is 0 Å². The first-order valence-corrected chi connectivity index (χ1v) is 3.80. The first kappa shape index (κ1) is 8.17. The molecule has 48 valence electrons. The smallest absolute Gasteiger partial charge is 0.0293 e. The Bertz CT molecular complexity index is 57.4. The molecule has 0 aliphatic carbocycles. The molecule has 0 aliphatic rings. The summed E-state index contributed by atoms with van der Waals surface area (Å²) in [4.78, 5) is 0. The minimum absolute atomic E-state index is 0.773. The molecule has 0 amide bonds. The van der Waals surface area contributed by atoms with E-state index in [-0.39, 0.29) is 0 Å². The molecule has 0 aromatic rings. The van der Waals surface area contributed by atoms with Crippen LogP contribution in [0, 0.1) is 0 Å². The van der Waals surface area contributed by atoms with Crippen molar-refractivity contribution in [2.24, 2.45) is 0 Å². The highest BCUT2D eigenvalue weighted by Gasteiger charge is 1.89. The van der Waals surface area contributed by atoms with Crippen molar-refractivity contribution < 1.29 is 0 Å². The fraction of sp³-hybridized carbons (Fsp3) is 0.714. The van der Waals surface area contributed by atoms with Crippen LogP contribution in [0.25, 0.3) is 0 Å². The van der Waals surface area contributed by atoms with E-state index >= 15 is 0 Å². The van der Waals surface area contributed by atoms with E-state index in [0.717, 1.165) is 5.66 Å². The van der Waals surface area contributed by atoms with Gasteiger partial charge in [0.05, 0.1) is 0 Å². The number of hydrogen-bond donors (Lipinski definition) is 0. The lowest BCUT2D eigenvalue weighted by molar-refractivity contribution is 0.743. The predicted octanol–water partition coefficient (Wildman–Crippen LogP) is 2.61. The molecule has 0 aromatic carbocycles. The lowest BCUT2D eigenvalue weighted by Gasteiger charge is -1.99. The van der Waals surface area contributed by atoms with Gasteiger partial charge in [0.25, 0.3) is 0 Å². The summed E-state index contributed by atoms with van der Waals surface area (Å²) in [5.41, 5.74) is 0.773. The molecule has 0 aliphatic heterocycles. The van der Waals surface area contributed by atoms with Gasteiger partial charge in [-0.3, -0.25) is 0 Å².